The van der Waals surface area contributed by atoms with E-state index in [9.17, 15) is 13.6 Å². The lowest BCUT2D eigenvalue weighted by molar-refractivity contribution is 0.0918. The molecule has 0 spiro atoms. The Bertz CT molecular complexity index is 1040. The van der Waals surface area contributed by atoms with Gasteiger partial charge in [-0.15, -0.1) is 10.2 Å². The third-order valence-corrected chi connectivity index (χ3v) is 5.45. The first-order chi connectivity index (χ1) is 15.5. The summed E-state index contributed by atoms with van der Waals surface area (Å²) in [7, 11) is 0. The molecular formula is C21H20ClF2N5O3. The zero-order valence-corrected chi connectivity index (χ0v) is 17.6. The molecule has 0 aliphatic heterocycles. The minimum absolute atomic E-state index is 0.0127. The Morgan fingerprint density at radius 3 is 2.53 bits per heavy atom. The van der Waals surface area contributed by atoms with E-state index in [0.29, 0.717) is 22.6 Å². The van der Waals surface area contributed by atoms with Crippen molar-refractivity contribution < 1.29 is 22.7 Å². The van der Waals surface area contributed by atoms with Gasteiger partial charge in [0.2, 0.25) is 5.89 Å². The summed E-state index contributed by atoms with van der Waals surface area (Å²) in [6.07, 6.45) is 2.23. The zero-order valence-electron chi connectivity index (χ0n) is 16.9. The molecule has 1 aliphatic carbocycles. The molecule has 0 saturated heterocycles. The summed E-state index contributed by atoms with van der Waals surface area (Å²) in [6, 6.07) is 6.93. The monoisotopic (exact) mass is 463 g/mol. The molecule has 0 atom stereocenters. The topological polar surface area (TPSA) is 103 Å². The molecule has 1 saturated carbocycles. The second-order valence-electron chi connectivity index (χ2n) is 7.43. The minimum Gasteiger partial charge on any atom is -0.484 e. The van der Waals surface area contributed by atoms with Crippen molar-refractivity contribution in [2.24, 2.45) is 0 Å². The summed E-state index contributed by atoms with van der Waals surface area (Å²) < 4.78 is 36.5. The first-order valence-corrected chi connectivity index (χ1v) is 10.5. The maximum atomic E-state index is 12.6. The number of ether oxygens (including phenoxy) is 1. The number of nitrogens with zero attached hydrogens (tertiary/aromatic N) is 4. The van der Waals surface area contributed by atoms with Gasteiger partial charge in [-0.1, -0.05) is 11.6 Å². The lowest BCUT2D eigenvalue weighted by atomic mass is 9.86. The van der Waals surface area contributed by atoms with Crippen molar-refractivity contribution in [3.05, 3.63) is 64.9 Å². The number of alkyl halides is 2. The van der Waals surface area contributed by atoms with Crippen LogP contribution in [0.3, 0.4) is 0 Å². The third kappa shape index (κ3) is 5.56. The summed E-state index contributed by atoms with van der Waals surface area (Å²) in [5, 5.41) is 11.7. The van der Waals surface area contributed by atoms with E-state index in [4.69, 9.17) is 20.8 Å². The van der Waals surface area contributed by atoms with Crippen LogP contribution in [0.25, 0.3) is 0 Å². The Hall–Kier alpha value is -3.14. The molecule has 0 bridgehead atoms. The third-order valence-electron chi connectivity index (χ3n) is 5.20. The number of carbonyl (C=O) groups excluding carboxylic acids is 1. The van der Waals surface area contributed by atoms with Gasteiger partial charge in [0.15, 0.2) is 6.61 Å². The summed E-state index contributed by atoms with van der Waals surface area (Å²) in [5.74, 6) is 1.26. The molecule has 3 aromatic rings. The molecule has 0 radical (unpaired) electrons. The molecule has 168 valence electrons. The van der Waals surface area contributed by atoms with Gasteiger partial charge < -0.3 is 14.5 Å². The summed E-state index contributed by atoms with van der Waals surface area (Å²) in [6.45, 7) is 0.158. The Balaban J connectivity index is 1.24. The van der Waals surface area contributed by atoms with Gasteiger partial charge in [-0.2, -0.15) is 0 Å². The molecule has 8 nitrogen and oxygen atoms in total. The maximum Gasteiger partial charge on any atom is 0.281 e. The molecule has 1 amide bonds. The Morgan fingerprint density at radius 2 is 1.88 bits per heavy atom. The maximum absolute atomic E-state index is 12.6. The van der Waals surface area contributed by atoms with Gasteiger partial charge in [0, 0.05) is 17.0 Å². The number of aromatic nitrogens is 4. The molecule has 1 N–H and O–H groups in total. The minimum atomic E-state index is -2.72. The number of halogens is 3. The first-order valence-electron chi connectivity index (χ1n) is 10.1. The fourth-order valence-corrected chi connectivity index (χ4v) is 3.60. The van der Waals surface area contributed by atoms with E-state index in [1.54, 1.807) is 24.3 Å². The summed E-state index contributed by atoms with van der Waals surface area (Å²) >= 11 is 5.85. The zero-order chi connectivity index (χ0) is 22.5. The molecule has 4 rings (SSSR count). The van der Waals surface area contributed by atoms with Crippen LogP contribution in [0, 0.1) is 0 Å². The van der Waals surface area contributed by atoms with E-state index in [1.165, 1.54) is 0 Å². The van der Waals surface area contributed by atoms with Gasteiger partial charge in [0.1, 0.15) is 17.1 Å². The number of carbonyl (C=O) groups is 1. The van der Waals surface area contributed by atoms with E-state index >= 15 is 0 Å². The largest absolute Gasteiger partial charge is 0.484 e. The Labute approximate surface area is 187 Å². The lowest BCUT2D eigenvalue weighted by Crippen LogP contribution is -2.37. The second-order valence-corrected chi connectivity index (χ2v) is 7.86. The first kappa shape index (κ1) is 22.1. The van der Waals surface area contributed by atoms with Gasteiger partial charge in [-0.3, -0.25) is 9.78 Å². The molecule has 2 heterocycles. The van der Waals surface area contributed by atoms with Crippen molar-refractivity contribution in [2.75, 3.05) is 0 Å². The van der Waals surface area contributed by atoms with Crippen LogP contribution in [0.1, 0.15) is 66.0 Å². The van der Waals surface area contributed by atoms with Gasteiger partial charge in [-0.05, 0) is 49.9 Å². The van der Waals surface area contributed by atoms with Crippen LogP contribution in [0.2, 0.25) is 5.02 Å². The summed E-state index contributed by atoms with van der Waals surface area (Å²) in [4.78, 5) is 19.6. The number of nitrogens with one attached hydrogen (secondary N) is 1. The van der Waals surface area contributed by atoms with E-state index in [-0.39, 0.29) is 24.3 Å². The van der Waals surface area contributed by atoms with Crippen LogP contribution in [-0.2, 0) is 6.61 Å². The van der Waals surface area contributed by atoms with Crippen LogP contribution in [0.15, 0.2) is 41.1 Å². The molecule has 32 heavy (non-hydrogen) atoms. The summed E-state index contributed by atoms with van der Waals surface area (Å²) in [5.41, 5.74) is -0.446. The van der Waals surface area contributed by atoms with Crippen LogP contribution >= 0.6 is 11.6 Å². The van der Waals surface area contributed by atoms with Crippen molar-refractivity contribution in [2.45, 2.75) is 50.7 Å². The second kappa shape index (κ2) is 9.99. The van der Waals surface area contributed by atoms with Crippen molar-refractivity contribution in [3.63, 3.8) is 0 Å². The normalized spacial score (nSPS) is 18.5. The predicted octanol–water partition coefficient (Wildman–Crippen LogP) is 4.49. The highest BCUT2D eigenvalue weighted by Crippen LogP contribution is 2.32. The number of rotatable bonds is 7. The molecule has 1 aliphatic rings. The smallest absolute Gasteiger partial charge is 0.281 e. The quantitative estimate of drug-likeness (QED) is 0.550. The highest BCUT2D eigenvalue weighted by molar-refractivity contribution is 6.30. The molecule has 0 unspecified atom stereocenters. The van der Waals surface area contributed by atoms with Gasteiger partial charge in [0.25, 0.3) is 18.2 Å². The molecule has 2 aromatic heterocycles. The van der Waals surface area contributed by atoms with E-state index in [1.807, 2.05) is 0 Å². The number of hydrogen-bond acceptors (Lipinski definition) is 7. The van der Waals surface area contributed by atoms with Crippen LogP contribution < -0.4 is 10.1 Å². The average molecular weight is 464 g/mol. The fourth-order valence-electron chi connectivity index (χ4n) is 3.48. The van der Waals surface area contributed by atoms with Gasteiger partial charge in [-0.25, -0.2) is 13.8 Å². The SMILES string of the molecule is O=C(NC1CCC(c2nnc(COc3ccc(Cl)cc3)o2)CC1)c1cnc(C(F)F)cn1. The van der Waals surface area contributed by atoms with Crippen molar-refractivity contribution in [3.8, 4) is 5.75 Å². The van der Waals surface area contributed by atoms with E-state index in [2.05, 4.69) is 25.5 Å². The van der Waals surface area contributed by atoms with Crippen LogP contribution in [0.5, 0.6) is 5.75 Å². The highest BCUT2D eigenvalue weighted by Gasteiger charge is 2.27. The van der Waals surface area contributed by atoms with Crippen LogP contribution in [-0.4, -0.2) is 32.1 Å². The fraction of sp³-hybridized carbons (Fsp3) is 0.381. The number of amides is 1. The van der Waals surface area contributed by atoms with Crippen LogP contribution in [0.4, 0.5) is 8.78 Å². The molecule has 1 fully saturated rings. The lowest BCUT2D eigenvalue weighted by Gasteiger charge is -2.27. The van der Waals surface area contributed by atoms with E-state index in [0.717, 1.165) is 38.1 Å². The number of benzene rings is 1. The Morgan fingerprint density at radius 1 is 1.12 bits per heavy atom. The van der Waals surface area contributed by atoms with Gasteiger partial charge in [0.05, 0.1) is 12.4 Å². The van der Waals surface area contributed by atoms with Crippen molar-refractivity contribution in [1.29, 1.82) is 0 Å². The van der Waals surface area contributed by atoms with Crippen molar-refractivity contribution in [1.82, 2.24) is 25.5 Å². The van der Waals surface area contributed by atoms with Crippen molar-refractivity contribution >= 4 is 17.5 Å². The molecular weight excluding hydrogens is 444 g/mol. The van der Waals surface area contributed by atoms with E-state index < -0.39 is 18.0 Å². The average Bonchev–Trinajstić information content (AvgIpc) is 3.28. The Kier molecular flexibility index (Phi) is 6.89. The van der Waals surface area contributed by atoms with Gasteiger partial charge >= 0.3 is 0 Å². The molecule has 1 aromatic carbocycles. The number of hydrogen-bond donors (Lipinski definition) is 1. The predicted molar refractivity (Wildman–Crippen MR) is 110 cm³/mol. The highest BCUT2D eigenvalue weighted by atomic mass is 35.5. The molecule has 11 heteroatoms. The standard InChI is InChI=1S/C21H20ClF2N5O3/c22-13-3-7-15(8-4-13)31-11-18-28-29-21(32-18)12-1-5-14(6-2-12)27-20(30)17-10-25-16(9-26-17)19(23)24/h3-4,7-10,12,14,19H,1-2,5-6,11H2,(H,27,30).